The Labute approximate surface area is 98.4 Å². The van der Waals surface area contributed by atoms with Crippen molar-refractivity contribution in [1.29, 1.82) is 0 Å². The molecule has 0 saturated carbocycles. The number of H-pyrrole nitrogens is 1. The highest BCUT2D eigenvalue weighted by molar-refractivity contribution is 5.94. The lowest BCUT2D eigenvalue weighted by molar-refractivity contribution is 0.0779. The van der Waals surface area contributed by atoms with Gasteiger partial charge in [0.05, 0.1) is 17.7 Å². The summed E-state index contributed by atoms with van der Waals surface area (Å²) in [6, 6.07) is 2.79. The summed E-state index contributed by atoms with van der Waals surface area (Å²) in [4.78, 5) is 25.2. The molecule has 1 aliphatic rings. The Bertz CT molecular complexity index is 437. The second kappa shape index (κ2) is 5.11. The van der Waals surface area contributed by atoms with Crippen LogP contribution in [0.25, 0.3) is 0 Å². The maximum atomic E-state index is 11.9. The topological polar surface area (TPSA) is 83.2 Å². The average molecular weight is 237 g/mol. The molecule has 1 unspecified atom stereocenters. The van der Waals surface area contributed by atoms with Gasteiger partial charge >= 0.3 is 0 Å². The fraction of sp³-hybridized carbons (Fsp3) is 0.455. The number of methoxy groups -OCH3 is 1. The third kappa shape index (κ3) is 2.72. The maximum Gasteiger partial charge on any atom is 0.253 e. The van der Waals surface area contributed by atoms with Gasteiger partial charge < -0.3 is 20.4 Å². The van der Waals surface area contributed by atoms with Gasteiger partial charge in [-0.05, 0) is 6.07 Å². The smallest absolute Gasteiger partial charge is 0.253 e. The van der Waals surface area contributed by atoms with Crippen molar-refractivity contribution < 1.29 is 9.53 Å². The highest BCUT2D eigenvalue weighted by atomic mass is 16.5. The number of amides is 1. The minimum atomic E-state index is -0.223. The molecule has 0 radical (unpaired) electrons. The van der Waals surface area contributed by atoms with E-state index in [1.165, 1.54) is 18.3 Å². The molecule has 1 fully saturated rings. The molecule has 2 rings (SSSR count). The van der Waals surface area contributed by atoms with E-state index in [1.54, 1.807) is 7.11 Å². The molecule has 0 bridgehead atoms. The molecule has 0 spiro atoms. The van der Waals surface area contributed by atoms with Gasteiger partial charge in [0.25, 0.3) is 5.91 Å². The lowest BCUT2D eigenvalue weighted by atomic mass is 10.2. The largest absolute Gasteiger partial charge is 0.378 e. The minimum absolute atomic E-state index is 0.0123. The number of ether oxygens (including phenoxy) is 1. The van der Waals surface area contributed by atoms with Crippen LogP contribution in [-0.4, -0.2) is 43.2 Å². The second-order valence-corrected chi connectivity index (χ2v) is 3.95. The highest BCUT2D eigenvalue weighted by Crippen LogP contribution is 2.05. The van der Waals surface area contributed by atoms with Gasteiger partial charge in [0.1, 0.15) is 0 Å². The molecule has 1 saturated heterocycles. The zero-order valence-corrected chi connectivity index (χ0v) is 9.53. The van der Waals surface area contributed by atoms with E-state index in [0.717, 1.165) is 6.54 Å². The molecule has 1 aromatic heterocycles. The van der Waals surface area contributed by atoms with Gasteiger partial charge in [-0.15, -0.1) is 0 Å². The number of hydrogen-bond donors (Lipinski definition) is 3. The Morgan fingerprint density at radius 3 is 2.94 bits per heavy atom. The Hall–Kier alpha value is -1.66. The number of aromatic nitrogens is 1. The van der Waals surface area contributed by atoms with Gasteiger partial charge in [0.15, 0.2) is 0 Å². The standard InChI is InChI=1S/C11H15N3O3/c1-17-9-6-12-5-8(9)14-11(16)7-2-3-10(15)13-4-7/h2-4,8-9,12H,5-6H2,1H3,(H,13,15)(H,14,16)/t8?,9-/m1/s1. The quantitative estimate of drug-likeness (QED) is 0.635. The van der Waals surface area contributed by atoms with Crippen LogP contribution in [0.15, 0.2) is 23.1 Å². The first kappa shape index (κ1) is 11.8. The lowest BCUT2D eigenvalue weighted by Crippen LogP contribution is -2.43. The SMILES string of the molecule is CO[C@@H]1CNCC1NC(=O)c1ccc(=O)[nH]c1. The second-order valence-electron chi connectivity index (χ2n) is 3.95. The van der Waals surface area contributed by atoms with Crippen molar-refractivity contribution in [1.82, 2.24) is 15.6 Å². The molecule has 17 heavy (non-hydrogen) atoms. The van der Waals surface area contributed by atoms with Gasteiger partial charge in [0, 0.05) is 32.5 Å². The van der Waals surface area contributed by atoms with Crippen LogP contribution in [-0.2, 0) is 4.74 Å². The zero-order chi connectivity index (χ0) is 12.3. The molecular weight excluding hydrogens is 222 g/mol. The molecule has 0 aromatic carbocycles. The normalized spacial score (nSPS) is 23.6. The first-order chi connectivity index (χ1) is 8.20. The molecule has 3 N–H and O–H groups in total. The number of carbonyl (C=O) groups excluding carboxylic acids is 1. The molecule has 6 heteroatoms. The van der Waals surface area contributed by atoms with E-state index in [2.05, 4.69) is 15.6 Å². The number of aromatic amines is 1. The van der Waals surface area contributed by atoms with Crippen LogP contribution in [0.3, 0.4) is 0 Å². The predicted molar refractivity (Wildman–Crippen MR) is 62.0 cm³/mol. The zero-order valence-electron chi connectivity index (χ0n) is 9.53. The number of pyridine rings is 1. The van der Waals surface area contributed by atoms with Gasteiger partial charge in [0.2, 0.25) is 5.56 Å². The summed E-state index contributed by atoms with van der Waals surface area (Å²) in [6.07, 6.45) is 1.39. The summed E-state index contributed by atoms with van der Waals surface area (Å²) in [5.41, 5.74) is 0.213. The Balaban J connectivity index is 2.01. The number of rotatable bonds is 3. The Morgan fingerprint density at radius 1 is 1.47 bits per heavy atom. The average Bonchev–Trinajstić information content (AvgIpc) is 2.77. The number of hydrogen-bond acceptors (Lipinski definition) is 4. The molecule has 2 atom stereocenters. The van der Waals surface area contributed by atoms with Crippen molar-refractivity contribution >= 4 is 5.91 Å². The van der Waals surface area contributed by atoms with Crippen molar-refractivity contribution in [3.63, 3.8) is 0 Å². The number of carbonyl (C=O) groups is 1. The van der Waals surface area contributed by atoms with Gasteiger partial charge in [-0.1, -0.05) is 0 Å². The van der Waals surface area contributed by atoms with Crippen molar-refractivity contribution in [3.05, 3.63) is 34.2 Å². The lowest BCUT2D eigenvalue weighted by Gasteiger charge is -2.18. The summed E-state index contributed by atoms with van der Waals surface area (Å²) >= 11 is 0. The first-order valence-corrected chi connectivity index (χ1v) is 5.44. The molecular formula is C11H15N3O3. The van der Waals surface area contributed by atoms with Crippen LogP contribution in [0, 0.1) is 0 Å². The van der Waals surface area contributed by atoms with Crippen molar-refractivity contribution in [3.8, 4) is 0 Å². The van der Waals surface area contributed by atoms with Crippen LogP contribution < -0.4 is 16.2 Å². The van der Waals surface area contributed by atoms with E-state index in [1.807, 2.05) is 0 Å². The van der Waals surface area contributed by atoms with Crippen molar-refractivity contribution in [2.45, 2.75) is 12.1 Å². The molecule has 2 heterocycles. The summed E-state index contributed by atoms with van der Waals surface area (Å²) in [5.74, 6) is -0.211. The van der Waals surface area contributed by atoms with Gasteiger partial charge in [-0.3, -0.25) is 9.59 Å². The molecule has 6 nitrogen and oxygen atoms in total. The maximum absolute atomic E-state index is 11.9. The Morgan fingerprint density at radius 2 is 2.29 bits per heavy atom. The number of nitrogens with one attached hydrogen (secondary N) is 3. The summed E-state index contributed by atoms with van der Waals surface area (Å²) in [7, 11) is 1.62. The molecule has 92 valence electrons. The van der Waals surface area contributed by atoms with Crippen LogP contribution in [0.2, 0.25) is 0 Å². The molecule has 1 aromatic rings. The van der Waals surface area contributed by atoms with E-state index in [9.17, 15) is 9.59 Å². The monoisotopic (exact) mass is 237 g/mol. The van der Waals surface area contributed by atoms with Crippen LogP contribution in [0.5, 0.6) is 0 Å². The predicted octanol–water partition coefficient (Wildman–Crippen LogP) is -0.908. The van der Waals surface area contributed by atoms with Crippen molar-refractivity contribution in [2.24, 2.45) is 0 Å². The van der Waals surface area contributed by atoms with E-state index < -0.39 is 0 Å². The van der Waals surface area contributed by atoms with Crippen LogP contribution in [0.1, 0.15) is 10.4 Å². The van der Waals surface area contributed by atoms with Crippen LogP contribution in [0.4, 0.5) is 0 Å². The fourth-order valence-electron chi connectivity index (χ4n) is 1.85. The minimum Gasteiger partial charge on any atom is -0.378 e. The van der Waals surface area contributed by atoms with Gasteiger partial charge in [-0.2, -0.15) is 0 Å². The molecule has 1 amide bonds. The fourth-order valence-corrected chi connectivity index (χ4v) is 1.85. The van der Waals surface area contributed by atoms with Crippen molar-refractivity contribution in [2.75, 3.05) is 20.2 Å². The van der Waals surface area contributed by atoms with E-state index in [4.69, 9.17) is 4.74 Å². The third-order valence-corrected chi connectivity index (χ3v) is 2.82. The molecule has 0 aliphatic carbocycles. The van der Waals surface area contributed by atoms with Gasteiger partial charge in [-0.25, -0.2) is 0 Å². The Kier molecular flexibility index (Phi) is 3.55. The molecule has 1 aliphatic heterocycles. The summed E-state index contributed by atoms with van der Waals surface area (Å²) in [6.45, 7) is 1.42. The summed E-state index contributed by atoms with van der Waals surface area (Å²) < 4.78 is 5.24. The van der Waals surface area contributed by atoms with E-state index in [-0.39, 0.29) is 23.6 Å². The first-order valence-electron chi connectivity index (χ1n) is 5.44. The highest BCUT2D eigenvalue weighted by Gasteiger charge is 2.28. The van der Waals surface area contributed by atoms with Crippen LogP contribution >= 0.6 is 0 Å². The summed E-state index contributed by atoms with van der Waals surface area (Å²) in [5, 5.41) is 6.01. The van der Waals surface area contributed by atoms with E-state index in [0.29, 0.717) is 12.1 Å². The van der Waals surface area contributed by atoms with E-state index >= 15 is 0 Å². The third-order valence-electron chi connectivity index (χ3n) is 2.82.